The van der Waals surface area contributed by atoms with E-state index in [2.05, 4.69) is 15.4 Å². The molecule has 0 spiro atoms. The van der Waals surface area contributed by atoms with Gasteiger partial charge in [0.1, 0.15) is 11.2 Å². The zero-order valence-electron chi connectivity index (χ0n) is 14.6. The molecule has 25 heavy (non-hydrogen) atoms. The third-order valence-electron chi connectivity index (χ3n) is 4.92. The highest BCUT2D eigenvalue weighted by molar-refractivity contribution is 6.02. The molecule has 7 heteroatoms. The minimum Gasteiger partial charge on any atom is -0.352 e. The third-order valence-corrected chi connectivity index (χ3v) is 4.92. The number of carbonyl (C=O) groups excluding carboxylic acids is 2. The molecular weight excluding hydrogens is 318 g/mol. The maximum Gasteiger partial charge on any atom is 0.274 e. The summed E-state index contributed by atoms with van der Waals surface area (Å²) < 4.78 is 1.73. The quantitative estimate of drug-likeness (QED) is 0.915. The second kappa shape index (κ2) is 5.40. The molecule has 0 atom stereocenters. The van der Waals surface area contributed by atoms with Crippen LogP contribution in [0.5, 0.6) is 0 Å². The number of hydrogen-bond acceptors (Lipinski definition) is 4. The zero-order valence-corrected chi connectivity index (χ0v) is 14.6. The lowest BCUT2D eigenvalue weighted by molar-refractivity contribution is -0.127. The molecule has 2 aliphatic rings. The van der Waals surface area contributed by atoms with Gasteiger partial charge in [0, 0.05) is 31.4 Å². The van der Waals surface area contributed by atoms with E-state index in [0.29, 0.717) is 30.8 Å². The summed E-state index contributed by atoms with van der Waals surface area (Å²) in [6.45, 7) is 4.30. The molecule has 0 bridgehead atoms. The molecule has 2 aromatic rings. The number of carbonyl (C=O) groups is 2. The minimum absolute atomic E-state index is 0.0552. The molecule has 0 aromatic carbocycles. The maximum absolute atomic E-state index is 12.9. The van der Waals surface area contributed by atoms with Gasteiger partial charge in [-0.05, 0) is 38.8 Å². The highest BCUT2D eigenvalue weighted by atomic mass is 16.2. The van der Waals surface area contributed by atoms with Gasteiger partial charge in [0.2, 0.25) is 5.91 Å². The van der Waals surface area contributed by atoms with Crippen molar-refractivity contribution < 1.29 is 9.59 Å². The Labute approximate surface area is 146 Å². The van der Waals surface area contributed by atoms with Crippen LogP contribution in [0.15, 0.2) is 24.4 Å². The number of rotatable bonds is 4. The first-order chi connectivity index (χ1) is 11.9. The molecule has 7 nitrogen and oxygen atoms in total. The van der Waals surface area contributed by atoms with E-state index in [9.17, 15) is 9.59 Å². The molecule has 2 amide bonds. The summed E-state index contributed by atoms with van der Waals surface area (Å²) >= 11 is 0. The number of aromatic nitrogens is 3. The fourth-order valence-electron chi connectivity index (χ4n) is 3.42. The lowest BCUT2D eigenvalue weighted by atomic mass is 10.2. The molecular formula is C18H21N5O2. The molecule has 0 saturated heterocycles. The van der Waals surface area contributed by atoms with Crippen molar-refractivity contribution in [1.82, 2.24) is 25.0 Å². The van der Waals surface area contributed by atoms with Crippen molar-refractivity contribution >= 4 is 11.8 Å². The Balaban J connectivity index is 1.64. The summed E-state index contributed by atoms with van der Waals surface area (Å²) in [6.07, 6.45) is 3.12. The topological polar surface area (TPSA) is 80.1 Å². The Morgan fingerprint density at radius 1 is 1.28 bits per heavy atom. The van der Waals surface area contributed by atoms with Crippen molar-refractivity contribution in [3.8, 4) is 11.4 Å². The lowest BCUT2D eigenvalue weighted by Crippen LogP contribution is -2.51. The first-order valence-electron chi connectivity index (χ1n) is 8.53. The van der Waals surface area contributed by atoms with Crippen LogP contribution in [0.25, 0.3) is 11.4 Å². The molecule has 1 aliphatic carbocycles. The fourth-order valence-corrected chi connectivity index (χ4v) is 3.42. The van der Waals surface area contributed by atoms with E-state index >= 15 is 0 Å². The van der Waals surface area contributed by atoms with Crippen LogP contribution in [-0.4, -0.2) is 43.1 Å². The van der Waals surface area contributed by atoms with E-state index < -0.39 is 5.54 Å². The highest BCUT2D eigenvalue weighted by Crippen LogP contribution is 2.46. The number of hydrogen-bond donors (Lipinski definition) is 1. The number of aryl methyl sites for hydroxylation is 1. The number of amides is 2. The van der Waals surface area contributed by atoms with Crippen molar-refractivity contribution in [3.63, 3.8) is 0 Å². The standard InChI is InChI=1S/C18H21N5O2/c1-11(2)20-17(25)18(7-8-18)23-10-12-4-5-13(21-15(12)16(23)24)14-6-9-19-22(14)3/h4-6,9,11H,7-8,10H2,1-3H3,(H,20,25). The van der Waals surface area contributed by atoms with E-state index in [-0.39, 0.29) is 17.9 Å². The smallest absolute Gasteiger partial charge is 0.274 e. The van der Waals surface area contributed by atoms with Crippen molar-refractivity contribution in [2.45, 2.75) is 44.8 Å². The van der Waals surface area contributed by atoms with Gasteiger partial charge in [-0.1, -0.05) is 6.07 Å². The Bertz CT molecular complexity index is 866. The van der Waals surface area contributed by atoms with Crippen molar-refractivity contribution in [3.05, 3.63) is 35.7 Å². The molecule has 130 valence electrons. The van der Waals surface area contributed by atoms with Crippen LogP contribution in [-0.2, 0) is 18.4 Å². The van der Waals surface area contributed by atoms with Crippen LogP contribution < -0.4 is 5.32 Å². The first kappa shape index (κ1) is 15.8. The average Bonchev–Trinajstić information content (AvgIpc) is 3.16. The number of fused-ring (bicyclic) bond motifs is 1. The van der Waals surface area contributed by atoms with Crippen molar-refractivity contribution in [2.75, 3.05) is 0 Å². The Morgan fingerprint density at radius 3 is 2.64 bits per heavy atom. The van der Waals surface area contributed by atoms with Crippen LogP contribution in [0, 0.1) is 0 Å². The van der Waals surface area contributed by atoms with Crippen LogP contribution in [0.1, 0.15) is 42.7 Å². The molecule has 1 aliphatic heterocycles. The summed E-state index contributed by atoms with van der Waals surface area (Å²) in [6, 6.07) is 5.75. The molecule has 1 fully saturated rings. The van der Waals surface area contributed by atoms with Gasteiger partial charge < -0.3 is 10.2 Å². The number of pyridine rings is 1. The highest BCUT2D eigenvalue weighted by Gasteiger charge is 2.58. The van der Waals surface area contributed by atoms with E-state index in [4.69, 9.17) is 0 Å². The third kappa shape index (κ3) is 2.42. The second-order valence-corrected chi connectivity index (χ2v) is 7.10. The van der Waals surface area contributed by atoms with E-state index in [1.54, 1.807) is 15.8 Å². The molecule has 0 unspecified atom stereocenters. The molecule has 2 aromatic heterocycles. The largest absolute Gasteiger partial charge is 0.352 e. The van der Waals surface area contributed by atoms with Gasteiger partial charge in [0.25, 0.3) is 5.91 Å². The van der Waals surface area contributed by atoms with Crippen LogP contribution in [0.4, 0.5) is 0 Å². The number of nitrogens with zero attached hydrogens (tertiary/aromatic N) is 4. The minimum atomic E-state index is -0.700. The summed E-state index contributed by atoms with van der Waals surface area (Å²) in [7, 11) is 1.84. The van der Waals surface area contributed by atoms with E-state index in [0.717, 1.165) is 11.3 Å². The van der Waals surface area contributed by atoms with Crippen molar-refractivity contribution in [2.24, 2.45) is 7.05 Å². The van der Waals surface area contributed by atoms with Crippen LogP contribution in [0.3, 0.4) is 0 Å². The SMILES string of the molecule is CC(C)NC(=O)C1(N2Cc3ccc(-c4ccnn4C)nc3C2=O)CC1. The van der Waals surface area contributed by atoms with Gasteiger partial charge >= 0.3 is 0 Å². The first-order valence-corrected chi connectivity index (χ1v) is 8.53. The monoisotopic (exact) mass is 339 g/mol. The van der Waals surface area contributed by atoms with Crippen molar-refractivity contribution in [1.29, 1.82) is 0 Å². The average molecular weight is 339 g/mol. The number of nitrogens with one attached hydrogen (secondary N) is 1. The predicted octanol–water partition coefficient (Wildman–Crippen LogP) is 1.50. The van der Waals surface area contributed by atoms with Gasteiger partial charge in [-0.15, -0.1) is 0 Å². The lowest BCUT2D eigenvalue weighted by Gasteiger charge is -2.27. The molecule has 0 radical (unpaired) electrons. The maximum atomic E-state index is 12.9. The Hall–Kier alpha value is -2.70. The van der Waals surface area contributed by atoms with Gasteiger partial charge in [-0.2, -0.15) is 5.10 Å². The Kier molecular flexibility index (Phi) is 3.42. The zero-order chi connectivity index (χ0) is 17.8. The van der Waals surface area contributed by atoms with Crippen LogP contribution in [0.2, 0.25) is 0 Å². The summed E-state index contributed by atoms with van der Waals surface area (Å²) in [4.78, 5) is 31.8. The summed E-state index contributed by atoms with van der Waals surface area (Å²) in [5.74, 6) is -0.217. The molecule has 4 rings (SSSR count). The van der Waals surface area contributed by atoms with Gasteiger partial charge in [0.05, 0.1) is 11.4 Å². The summed E-state index contributed by atoms with van der Waals surface area (Å²) in [5.41, 5.74) is 2.19. The van der Waals surface area contributed by atoms with Crippen LogP contribution >= 0.6 is 0 Å². The van der Waals surface area contributed by atoms with Gasteiger partial charge in [0.15, 0.2) is 0 Å². The van der Waals surface area contributed by atoms with Gasteiger partial charge in [-0.25, -0.2) is 4.98 Å². The molecule has 1 N–H and O–H groups in total. The fraction of sp³-hybridized carbons (Fsp3) is 0.444. The van der Waals surface area contributed by atoms with E-state index in [1.165, 1.54) is 0 Å². The Morgan fingerprint density at radius 2 is 2.04 bits per heavy atom. The second-order valence-electron chi connectivity index (χ2n) is 7.10. The van der Waals surface area contributed by atoms with Gasteiger partial charge in [-0.3, -0.25) is 14.3 Å². The summed E-state index contributed by atoms with van der Waals surface area (Å²) in [5, 5.41) is 7.10. The molecule has 1 saturated carbocycles. The predicted molar refractivity (Wildman–Crippen MR) is 91.6 cm³/mol. The van der Waals surface area contributed by atoms with E-state index in [1.807, 2.05) is 39.1 Å². The molecule has 3 heterocycles. The normalized spacial score (nSPS) is 17.8.